The van der Waals surface area contributed by atoms with E-state index in [1.807, 2.05) is 36.4 Å². The van der Waals surface area contributed by atoms with Gasteiger partial charge in [-0.15, -0.1) is 0 Å². The van der Waals surface area contributed by atoms with E-state index in [1.165, 1.54) is 0 Å². The second-order valence-electron chi connectivity index (χ2n) is 5.52. The van der Waals surface area contributed by atoms with Crippen molar-refractivity contribution in [2.45, 2.75) is 18.9 Å². The van der Waals surface area contributed by atoms with Crippen molar-refractivity contribution in [1.29, 1.82) is 0 Å². The fourth-order valence-electron chi connectivity index (χ4n) is 2.74. The van der Waals surface area contributed by atoms with Crippen LogP contribution in [0.25, 0.3) is 0 Å². The first-order valence-electron chi connectivity index (χ1n) is 7.79. The Bertz CT molecular complexity index is 700. The van der Waals surface area contributed by atoms with Gasteiger partial charge in [0.2, 0.25) is 0 Å². The van der Waals surface area contributed by atoms with Crippen LogP contribution in [-0.2, 0) is 6.42 Å². The molecule has 5 heteroatoms. The number of hydrogen-bond acceptors (Lipinski definition) is 3. The Balaban J connectivity index is 1.59. The number of fused-ring (bicyclic) bond motifs is 1. The van der Waals surface area contributed by atoms with Crippen molar-refractivity contribution in [3.8, 4) is 11.5 Å². The van der Waals surface area contributed by atoms with Gasteiger partial charge in [0.05, 0.1) is 12.6 Å². The topological polar surface area (TPSA) is 79.9 Å². The highest BCUT2D eigenvalue weighted by Crippen LogP contribution is 2.31. The Morgan fingerprint density at radius 1 is 1.22 bits per heavy atom. The van der Waals surface area contributed by atoms with Gasteiger partial charge < -0.3 is 20.9 Å². The van der Waals surface area contributed by atoms with Crippen LogP contribution in [0, 0.1) is 0 Å². The van der Waals surface area contributed by atoms with E-state index >= 15 is 0 Å². The first-order chi connectivity index (χ1) is 11.2. The number of nitrogens with zero attached hydrogens (tertiary/aromatic N) is 1. The minimum Gasteiger partial charge on any atom is -0.508 e. The van der Waals surface area contributed by atoms with Crippen LogP contribution in [0.5, 0.6) is 11.5 Å². The number of hydrogen-bond donors (Lipinski definition) is 3. The van der Waals surface area contributed by atoms with E-state index in [0.717, 1.165) is 23.3 Å². The molecule has 2 aromatic carbocycles. The molecule has 1 heterocycles. The van der Waals surface area contributed by atoms with Crippen molar-refractivity contribution in [2.75, 3.05) is 13.2 Å². The maximum Gasteiger partial charge on any atom is 0.189 e. The molecule has 1 unspecified atom stereocenters. The highest BCUT2D eigenvalue weighted by atomic mass is 16.5. The summed E-state index contributed by atoms with van der Waals surface area (Å²) in [6.45, 7) is 1.20. The largest absolute Gasteiger partial charge is 0.508 e. The molecule has 0 radical (unpaired) electrons. The number of para-hydroxylation sites is 2. The fraction of sp³-hybridized carbons (Fsp3) is 0.278. The summed E-state index contributed by atoms with van der Waals surface area (Å²) in [6.07, 6.45) is 1.51. The summed E-state index contributed by atoms with van der Waals surface area (Å²) in [5, 5.41) is 13.0. The average molecular weight is 311 g/mol. The predicted molar refractivity (Wildman–Crippen MR) is 90.7 cm³/mol. The van der Waals surface area contributed by atoms with Crippen LogP contribution < -0.4 is 15.8 Å². The molecule has 0 aromatic heterocycles. The van der Waals surface area contributed by atoms with Crippen molar-refractivity contribution in [2.24, 2.45) is 10.7 Å². The molecule has 0 bridgehead atoms. The van der Waals surface area contributed by atoms with Crippen molar-refractivity contribution in [1.82, 2.24) is 5.32 Å². The van der Waals surface area contributed by atoms with Crippen LogP contribution in [0.2, 0.25) is 0 Å². The summed E-state index contributed by atoms with van der Waals surface area (Å²) in [5.74, 6) is 1.62. The monoisotopic (exact) mass is 311 g/mol. The second kappa shape index (κ2) is 7.05. The SMILES string of the molecule is NC(=NCCc1ccccc1O)NC1CCOc2ccccc21. The summed E-state index contributed by atoms with van der Waals surface area (Å²) in [6, 6.07) is 15.4. The molecule has 2 aromatic rings. The maximum absolute atomic E-state index is 9.74. The van der Waals surface area contributed by atoms with Crippen LogP contribution in [0.1, 0.15) is 23.6 Å². The summed E-state index contributed by atoms with van der Waals surface area (Å²) in [7, 11) is 0. The van der Waals surface area contributed by atoms with E-state index in [-0.39, 0.29) is 6.04 Å². The van der Waals surface area contributed by atoms with Gasteiger partial charge in [-0.2, -0.15) is 0 Å². The Morgan fingerprint density at radius 3 is 2.87 bits per heavy atom. The van der Waals surface area contributed by atoms with Gasteiger partial charge >= 0.3 is 0 Å². The first-order valence-corrected chi connectivity index (χ1v) is 7.79. The molecule has 0 amide bonds. The van der Waals surface area contributed by atoms with E-state index < -0.39 is 0 Å². The summed E-state index contributed by atoms with van der Waals surface area (Å²) >= 11 is 0. The fourth-order valence-corrected chi connectivity index (χ4v) is 2.74. The van der Waals surface area contributed by atoms with Gasteiger partial charge in [0.25, 0.3) is 0 Å². The number of aromatic hydroxyl groups is 1. The number of aliphatic imine (C=N–C) groups is 1. The van der Waals surface area contributed by atoms with Gasteiger partial charge in [-0.25, -0.2) is 0 Å². The van der Waals surface area contributed by atoms with Crippen molar-refractivity contribution >= 4 is 5.96 Å². The van der Waals surface area contributed by atoms with Crippen molar-refractivity contribution < 1.29 is 9.84 Å². The molecule has 0 aliphatic carbocycles. The summed E-state index contributed by atoms with van der Waals surface area (Å²) < 4.78 is 5.64. The molecule has 0 spiro atoms. The number of phenols is 1. The number of benzene rings is 2. The lowest BCUT2D eigenvalue weighted by molar-refractivity contribution is 0.262. The Labute approximate surface area is 135 Å². The third-order valence-electron chi connectivity index (χ3n) is 3.94. The normalized spacial score (nSPS) is 17.2. The van der Waals surface area contributed by atoms with E-state index in [4.69, 9.17) is 10.5 Å². The molecule has 5 nitrogen and oxygen atoms in total. The number of nitrogens with one attached hydrogen (secondary N) is 1. The lowest BCUT2D eigenvalue weighted by Gasteiger charge is -2.26. The Hall–Kier alpha value is -2.69. The van der Waals surface area contributed by atoms with Crippen LogP contribution in [0.15, 0.2) is 53.5 Å². The number of ether oxygens (including phenoxy) is 1. The minimum absolute atomic E-state index is 0.119. The van der Waals surface area contributed by atoms with Crippen molar-refractivity contribution in [3.05, 3.63) is 59.7 Å². The zero-order valence-corrected chi connectivity index (χ0v) is 12.9. The molecule has 3 rings (SSSR count). The van der Waals surface area contributed by atoms with Gasteiger partial charge in [-0.05, 0) is 24.1 Å². The molecule has 0 saturated heterocycles. The number of guanidine groups is 1. The van der Waals surface area contributed by atoms with Crippen LogP contribution in [0.3, 0.4) is 0 Å². The van der Waals surface area contributed by atoms with E-state index in [2.05, 4.69) is 10.3 Å². The molecule has 1 aliphatic heterocycles. The molecular weight excluding hydrogens is 290 g/mol. The minimum atomic E-state index is 0.119. The van der Waals surface area contributed by atoms with Gasteiger partial charge in [-0.3, -0.25) is 4.99 Å². The molecule has 4 N–H and O–H groups in total. The second-order valence-corrected chi connectivity index (χ2v) is 5.52. The van der Waals surface area contributed by atoms with E-state index in [0.29, 0.717) is 31.3 Å². The number of nitrogens with two attached hydrogens (primary N) is 1. The van der Waals surface area contributed by atoms with E-state index in [1.54, 1.807) is 12.1 Å². The predicted octanol–water partition coefficient (Wildman–Crippen LogP) is 2.36. The summed E-state index contributed by atoms with van der Waals surface area (Å²) in [4.78, 5) is 4.36. The van der Waals surface area contributed by atoms with Crippen LogP contribution in [0.4, 0.5) is 0 Å². The Morgan fingerprint density at radius 2 is 2.00 bits per heavy atom. The van der Waals surface area contributed by atoms with Gasteiger partial charge in [-0.1, -0.05) is 36.4 Å². The first kappa shape index (κ1) is 15.2. The number of rotatable bonds is 4. The van der Waals surface area contributed by atoms with Crippen LogP contribution >= 0.6 is 0 Å². The molecule has 1 atom stereocenters. The molecule has 120 valence electrons. The molecular formula is C18H21N3O2. The lowest BCUT2D eigenvalue weighted by Crippen LogP contribution is -2.37. The number of phenolic OH excluding ortho intramolecular Hbond substituents is 1. The summed E-state index contributed by atoms with van der Waals surface area (Å²) in [5.41, 5.74) is 7.98. The zero-order valence-electron chi connectivity index (χ0n) is 12.9. The Kier molecular flexibility index (Phi) is 4.66. The molecule has 1 aliphatic rings. The standard InChI is InChI=1S/C18H21N3O2/c19-18(20-11-9-13-5-1-3-7-16(13)22)21-15-10-12-23-17-8-4-2-6-14(15)17/h1-8,15,22H,9-12H2,(H3,19,20,21). The highest BCUT2D eigenvalue weighted by molar-refractivity contribution is 5.78. The highest BCUT2D eigenvalue weighted by Gasteiger charge is 2.21. The molecule has 0 fully saturated rings. The smallest absolute Gasteiger partial charge is 0.189 e. The third kappa shape index (κ3) is 3.74. The molecule has 23 heavy (non-hydrogen) atoms. The van der Waals surface area contributed by atoms with Crippen LogP contribution in [-0.4, -0.2) is 24.2 Å². The third-order valence-corrected chi connectivity index (χ3v) is 3.94. The van der Waals surface area contributed by atoms with Gasteiger partial charge in [0.15, 0.2) is 5.96 Å². The quantitative estimate of drug-likeness (QED) is 0.598. The van der Waals surface area contributed by atoms with Gasteiger partial charge in [0, 0.05) is 18.5 Å². The lowest BCUT2D eigenvalue weighted by atomic mass is 10.0. The average Bonchev–Trinajstić information content (AvgIpc) is 2.57. The van der Waals surface area contributed by atoms with Crippen molar-refractivity contribution in [3.63, 3.8) is 0 Å². The maximum atomic E-state index is 9.74. The zero-order chi connectivity index (χ0) is 16.1. The van der Waals surface area contributed by atoms with E-state index in [9.17, 15) is 5.11 Å². The van der Waals surface area contributed by atoms with Gasteiger partial charge in [0.1, 0.15) is 11.5 Å². The molecule has 0 saturated carbocycles.